The van der Waals surface area contributed by atoms with E-state index in [1.807, 2.05) is 0 Å². The van der Waals surface area contributed by atoms with E-state index >= 15 is 0 Å². The molecule has 0 spiro atoms. The number of nitrogens with zero attached hydrogens (tertiary/aromatic N) is 2. The van der Waals surface area contributed by atoms with Crippen LogP contribution in [0.4, 0.5) is 4.39 Å². The van der Waals surface area contributed by atoms with E-state index < -0.39 is 0 Å². The zero-order valence-corrected chi connectivity index (χ0v) is 15.3. The van der Waals surface area contributed by atoms with E-state index in [-0.39, 0.29) is 5.82 Å². The summed E-state index contributed by atoms with van der Waals surface area (Å²) < 4.78 is 14.0. The van der Waals surface area contributed by atoms with Gasteiger partial charge in [0.15, 0.2) is 0 Å². The topological polar surface area (TPSA) is 25.8 Å². The highest BCUT2D eigenvalue weighted by atomic mass is 127. The van der Waals surface area contributed by atoms with Crippen LogP contribution in [-0.2, 0) is 12.8 Å². The molecule has 0 N–H and O–H groups in total. The van der Waals surface area contributed by atoms with Gasteiger partial charge in [0.25, 0.3) is 0 Å². The van der Waals surface area contributed by atoms with E-state index in [4.69, 9.17) is 23.2 Å². The lowest BCUT2D eigenvalue weighted by Gasteiger charge is -2.11. The summed E-state index contributed by atoms with van der Waals surface area (Å²) in [5, 5.41) is 0.827. The average Bonchev–Trinajstić information content (AvgIpc) is 2.38. The summed E-state index contributed by atoms with van der Waals surface area (Å²) >= 11 is 14.4. The Morgan fingerprint density at radius 1 is 1.24 bits per heavy atom. The molecular weight excluding hydrogens is 425 g/mol. The fourth-order valence-electron chi connectivity index (χ4n) is 1.95. The van der Waals surface area contributed by atoms with Gasteiger partial charge in [-0.2, -0.15) is 0 Å². The Hall–Kier alpha value is -0.460. The molecule has 1 aromatic heterocycles. The molecule has 21 heavy (non-hydrogen) atoms. The van der Waals surface area contributed by atoms with Crippen LogP contribution in [0.3, 0.4) is 0 Å². The second-order valence-electron chi connectivity index (χ2n) is 5.20. The van der Waals surface area contributed by atoms with Gasteiger partial charge in [0.1, 0.15) is 16.8 Å². The first-order valence-electron chi connectivity index (χ1n) is 6.51. The Balaban J connectivity index is 2.33. The van der Waals surface area contributed by atoms with Gasteiger partial charge >= 0.3 is 0 Å². The van der Waals surface area contributed by atoms with Crippen LogP contribution < -0.4 is 0 Å². The quantitative estimate of drug-likeness (QED) is 0.477. The van der Waals surface area contributed by atoms with Gasteiger partial charge in [0.2, 0.25) is 0 Å². The molecule has 0 aliphatic heterocycles. The number of aromatic nitrogens is 2. The summed E-state index contributed by atoms with van der Waals surface area (Å²) in [6.45, 7) is 4.26. The number of benzene rings is 1. The van der Waals surface area contributed by atoms with Crippen LogP contribution >= 0.6 is 45.8 Å². The molecular formula is C15H14Cl2FIN2. The first-order chi connectivity index (χ1) is 9.86. The SMILES string of the molecule is CC(C)Cc1nc(Cc2ccc(F)cc2Cl)nc(Cl)c1I. The largest absolute Gasteiger partial charge is 0.236 e. The van der Waals surface area contributed by atoms with E-state index in [1.165, 1.54) is 12.1 Å². The minimum atomic E-state index is -0.356. The summed E-state index contributed by atoms with van der Waals surface area (Å²) in [5.74, 6) is 0.724. The summed E-state index contributed by atoms with van der Waals surface area (Å²) in [4.78, 5) is 8.87. The van der Waals surface area contributed by atoms with Crippen LogP contribution in [0.15, 0.2) is 18.2 Å². The first-order valence-corrected chi connectivity index (χ1v) is 8.35. The van der Waals surface area contributed by atoms with Gasteiger partial charge in [0.05, 0.1) is 9.26 Å². The molecule has 1 heterocycles. The van der Waals surface area contributed by atoms with Crippen molar-refractivity contribution in [3.63, 3.8) is 0 Å². The molecule has 112 valence electrons. The lowest BCUT2D eigenvalue weighted by molar-refractivity contribution is 0.625. The Labute approximate surface area is 147 Å². The van der Waals surface area contributed by atoms with E-state index in [1.54, 1.807) is 6.07 Å². The Morgan fingerprint density at radius 3 is 2.57 bits per heavy atom. The predicted molar refractivity (Wildman–Crippen MR) is 92.5 cm³/mol. The number of halogens is 4. The van der Waals surface area contributed by atoms with Crippen molar-refractivity contribution < 1.29 is 4.39 Å². The Bertz CT molecular complexity index is 662. The molecule has 0 bridgehead atoms. The normalized spacial score (nSPS) is 11.2. The summed E-state index contributed by atoms with van der Waals surface area (Å²) in [6, 6.07) is 4.32. The fraction of sp³-hybridized carbons (Fsp3) is 0.333. The lowest BCUT2D eigenvalue weighted by Crippen LogP contribution is -2.07. The van der Waals surface area contributed by atoms with Crippen LogP contribution in [-0.4, -0.2) is 9.97 Å². The molecule has 0 saturated carbocycles. The zero-order chi connectivity index (χ0) is 15.6. The van der Waals surface area contributed by atoms with Crippen molar-refractivity contribution in [2.24, 2.45) is 5.92 Å². The first kappa shape index (κ1) is 16.9. The molecule has 2 aromatic rings. The van der Waals surface area contributed by atoms with E-state index in [0.717, 1.165) is 21.2 Å². The highest BCUT2D eigenvalue weighted by molar-refractivity contribution is 14.1. The molecule has 0 atom stereocenters. The second kappa shape index (κ2) is 7.20. The standard InChI is InChI=1S/C15H14Cl2FIN2/c1-8(2)5-12-14(19)15(17)21-13(20-12)6-9-3-4-10(18)7-11(9)16/h3-4,7-8H,5-6H2,1-2H3. The van der Waals surface area contributed by atoms with Gasteiger partial charge in [-0.25, -0.2) is 14.4 Å². The fourth-order valence-corrected chi connectivity index (χ4v) is 2.85. The third-order valence-electron chi connectivity index (χ3n) is 2.89. The molecule has 0 aliphatic carbocycles. The van der Waals surface area contributed by atoms with Gasteiger partial charge in [-0.3, -0.25) is 0 Å². The molecule has 0 unspecified atom stereocenters. The molecule has 0 aliphatic rings. The van der Waals surface area contributed by atoms with Crippen LogP contribution in [0.5, 0.6) is 0 Å². The number of hydrogen-bond acceptors (Lipinski definition) is 2. The molecule has 0 saturated heterocycles. The predicted octanol–water partition coefficient (Wildman–Crippen LogP) is 5.32. The van der Waals surface area contributed by atoms with Crippen molar-refractivity contribution in [1.29, 1.82) is 0 Å². The van der Waals surface area contributed by atoms with E-state index in [9.17, 15) is 4.39 Å². The van der Waals surface area contributed by atoms with E-state index in [2.05, 4.69) is 46.4 Å². The van der Waals surface area contributed by atoms with Crippen molar-refractivity contribution in [3.8, 4) is 0 Å². The maximum absolute atomic E-state index is 13.1. The van der Waals surface area contributed by atoms with Gasteiger partial charge in [-0.05, 0) is 52.6 Å². The number of hydrogen-bond donors (Lipinski definition) is 0. The summed E-state index contributed by atoms with van der Waals surface area (Å²) in [6.07, 6.45) is 1.27. The maximum Gasteiger partial charge on any atom is 0.146 e. The minimum Gasteiger partial charge on any atom is -0.236 e. The molecule has 2 rings (SSSR count). The third-order valence-corrected chi connectivity index (χ3v) is 4.97. The van der Waals surface area contributed by atoms with Crippen molar-refractivity contribution in [1.82, 2.24) is 9.97 Å². The van der Waals surface area contributed by atoms with E-state index in [0.29, 0.717) is 28.3 Å². The smallest absolute Gasteiger partial charge is 0.146 e. The molecule has 1 aromatic carbocycles. The highest BCUT2D eigenvalue weighted by Gasteiger charge is 2.13. The second-order valence-corrected chi connectivity index (χ2v) is 7.05. The molecule has 0 radical (unpaired) electrons. The number of rotatable bonds is 4. The maximum atomic E-state index is 13.1. The monoisotopic (exact) mass is 438 g/mol. The van der Waals surface area contributed by atoms with Gasteiger partial charge in [0, 0.05) is 11.4 Å². The minimum absolute atomic E-state index is 0.356. The van der Waals surface area contributed by atoms with Crippen molar-refractivity contribution in [2.75, 3.05) is 0 Å². The van der Waals surface area contributed by atoms with Crippen LogP contribution in [0, 0.1) is 15.3 Å². The Morgan fingerprint density at radius 2 is 1.95 bits per heavy atom. The zero-order valence-electron chi connectivity index (χ0n) is 11.6. The Kier molecular flexibility index (Phi) is 5.80. The average molecular weight is 439 g/mol. The molecule has 2 nitrogen and oxygen atoms in total. The van der Waals surface area contributed by atoms with Crippen molar-refractivity contribution in [3.05, 3.63) is 54.8 Å². The highest BCUT2D eigenvalue weighted by Crippen LogP contribution is 2.24. The van der Waals surface area contributed by atoms with Crippen LogP contribution in [0.1, 0.15) is 30.9 Å². The van der Waals surface area contributed by atoms with Crippen LogP contribution in [0.25, 0.3) is 0 Å². The van der Waals surface area contributed by atoms with Crippen LogP contribution in [0.2, 0.25) is 10.2 Å². The lowest BCUT2D eigenvalue weighted by atomic mass is 10.1. The molecule has 6 heteroatoms. The molecule has 0 fully saturated rings. The van der Waals surface area contributed by atoms with Crippen molar-refractivity contribution in [2.45, 2.75) is 26.7 Å². The van der Waals surface area contributed by atoms with Crippen molar-refractivity contribution >= 4 is 45.8 Å². The summed E-state index contributed by atoms with van der Waals surface area (Å²) in [7, 11) is 0. The van der Waals surface area contributed by atoms with Gasteiger partial charge in [-0.15, -0.1) is 0 Å². The van der Waals surface area contributed by atoms with Gasteiger partial charge < -0.3 is 0 Å². The molecule has 0 amide bonds. The summed E-state index contributed by atoms with van der Waals surface area (Å²) in [5.41, 5.74) is 1.73. The third kappa shape index (κ3) is 4.50. The van der Waals surface area contributed by atoms with Gasteiger partial charge in [-0.1, -0.05) is 43.1 Å².